The number of unbranched alkanes of at least 4 members (excludes halogenated alkanes) is 1. The normalized spacial score (nSPS) is 12.6. The number of hydrogen-bond acceptors (Lipinski definition) is 2. The zero-order valence-electron chi connectivity index (χ0n) is 11.4. The lowest BCUT2D eigenvalue weighted by atomic mass is 10.1. The van der Waals surface area contributed by atoms with Crippen molar-refractivity contribution in [1.82, 2.24) is 0 Å². The fourth-order valence-corrected chi connectivity index (χ4v) is 2.68. The van der Waals surface area contributed by atoms with Crippen LogP contribution in [0.1, 0.15) is 39.2 Å². The van der Waals surface area contributed by atoms with E-state index in [9.17, 15) is 0 Å². The molecule has 0 aliphatic heterocycles. The van der Waals surface area contributed by atoms with E-state index in [1.807, 2.05) is 11.3 Å². The van der Waals surface area contributed by atoms with Crippen molar-refractivity contribution in [2.75, 3.05) is 0 Å². The first-order valence-electron chi connectivity index (χ1n) is 6.54. The van der Waals surface area contributed by atoms with Crippen molar-refractivity contribution in [3.63, 3.8) is 0 Å². The molecule has 0 atom stereocenters. The van der Waals surface area contributed by atoms with Gasteiger partial charge >= 0.3 is 0 Å². The van der Waals surface area contributed by atoms with Crippen molar-refractivity contribution in [3.8, 4) is 0 Å². The van der Waals surface area contributed by atoms with Crippen LogP contribution in [0.5, 0.6) is 0 Å². The SMILES string of the molecule is CC(C)(C)N=CCCCc1ccc2sccc2c1. The summed E-state index contributed by atoms with van der Waals surface area (Å²) in [5.74, 6) is 0. The molecule has 0 unspecified atom stereocenters. The lowest BCUT2D eigenvalue weighted by Gasteiger charge is -2.10. The number of fused-ring (bicyclic) bond motifs is 1. The minimum absolute atomic E-state index is 0.0651. The summed E-state index contributed by atoms with van der Waals surface area (Å²) in [4.78, 5) is 4.51. The number of aryl methyl sites for hydroxylation is 1. The monoisotopic (exact) mass is 259 g/mol. The van der Waals surface area contributed by atoms with Crippen LogP contribution < -0.4 is 0 Å². The van der Waals surface area contributed by atoms with E-state index in [4.69, 9.17) is 0 Å². The molecule has 1 aromatic carbocycles. The quantitative estimate of drug-likeness (QED) is 0.535. The van der Waals surface area contributed by atoms with Gasteiger partial charge < -0.3 is 0 Å². The zero-order chi connectivity index (χ0) is 13.0. The van der Waals surface area contributed by atoms with Crippen molar-refractivity contribution in [1.29, 1.82) is 0 Å². The summed E-state index contributed by atoms with van der Waals surface area (Å²) < 4.78 is 1.38. The van der Waals surface area contributed by atoms with Crippen LogP contribution in [0.4, 0.5) is 0 Å². The third kappa shape index (κ3) is 3.95. The van der Waals surface area contributed by atoms with Gasteiger partial charge in [-0.3, -0.25) is 4.99 Å². The average molecular weight is 259 g/mol. The molecule has 96 valence electrons. The summed E-state index contributed by atoms with van der Waals surface area (Å²) in [6.07, 6.45) is 5.46. The van der Waals surface area contributed by atoms with Crippen molar-refractivity contribution >= 4 is 27.6 Å². The Bertz CT molecular complexity index is 531. The van der Waals surface area contributed by atoms with Crippen molar-refractivity contribution in [3.05, 3.63) is 35.2 Å². The summed E-state index contributed by atoms with van der Waals surface area (Å²) in [5, 5.41) is 3.53. The molecule has 18 heavy (non-hydrogen) atoms. The highest BCUT2D eigenvalue weighted by atomic mass is 32.1. The van der Waals surface area contributed by atoms with E-state index in [1.165, 1.54) is 22.1 Å². The Morgan fingerprint density at radius 2 is 2.06 bits per heavy atom. The highest BCUT2D eigenvalue weighted by Gasteiger charge is 2.04. The molecule has 1 aromatic heterocycles. The predicted molar refractivity (Wildman–Crippen MR) is 83.0 cm³/mol. The van der Waals surface area contributed by atoms with Crippen LogP contribution in [0.2, 0.25) is 0 Å². The molecule has 0 fully saturated rings. The number of hydrogen-bond donors (Lipinski definition) is 0. The molecule has 0 aliphatic rings. The minimum Gasteiger partial charge on any atom is -0.292 e. The second kappa shape index (κ2) is 5.66. The number of nitrogens with zero attached hydrogens (tertiary/aromatic N) is 1. The van der Waals surface area contributed by atoms with Gasteiger partial charge in [0.1, 0.15) is 0 Å². The number of aliphatic imine (C=N–C) groups is 1. The standard InChI is InChI=1S/C16H21NS/c1-16(2,3)17-10-5-4-6-13-7-8-15-14(12-13)9-11-18-15/h7-12H,4-6H2,1-3H3. The summed E-state index contributed by atoms with van der Waals surface area (Å²) >= 11 is 1.81. The Hall–Kier alpha value is -1.15. The van der Waals surface area contributed by atoms with E-state index < -0.39 is 0 Å². The van der Waals surface area contributed by atoms with Crippen LogP contribution in [-0.4, -0.2) is 11.8 Å². The molecule has 0 aliphatic carbocycles. The maximum absolute atomic E-state index is 4.51. The number of benzene rings is 1. The summed E-state index contributed by atoms with van der Waals surface area (Å²) in [5.41, 5.74) is 1.50. The third-order valence-electron chi connectivity index (χ3n) is 2.79. The molecule has 0 spiro atoms. The lowest BCUT2D eigenvalue weighted by Crippen LogP contribution is -2.09. The van der Waals surface area contributed by atoms with Crippen LogP contribution >= 0.6 is 11.3 Å². The van der Waals surface area contributed by atoms with Crippen LogP contribution in [0.25, 0.3) is 10.1 Å². The molecular formula is C16H21NS. The highest BCUT2D eigenvalue weighted by Crippen LogP contribution is 2.22. The van der Waals surface area contributed by atoms with Gasteiger partial charge in [-0.1, -0.05) is 12.1 Å². The molecule has 2 heteroatoms. The van der Waals surface area contributed by atoms with Crippen LogP contribution in [0.3, 0.4) is 0 Å². The fourth-order valence-electron chi connectivity index (χ4n) is 1.91. The van der Waals surface area contributed by atoms with Gasteiger partial charge in [0.25, 0.3) is 0 Å². The van der Waals surface area contributed by atoms with Crippen molar-refractivity contribution in [2.45, 2.75) is 45.6 Å². The van der Waals surface area contributed by atoms with Crippen LogP contribution in [0.15, 0.2) is 34.6 Å². The van der Waals surface area contributed by atoms with Gasteiger partial charge in [-0.2, -0.15) is 0 Å². The first-order chi connectivity index (χ1) is 8.54. The number of rotatable bonds is 4. The van der Waals surface area contributed by atoms with Gasteiger partial charge in [0.2, 0.25) is 0 Å². The summed E-state index contributed by atoms with van der Waals surface area (Å²) in [7, 11) is 0. The Kier molecular flexibility index (Phi) is 4.18. The Morgan fingerprint density at radius 3 is 2.83 bits per heavy atom. The van der Waals surface area contributed by atoms with Crippen LogP contribution in [-0.2, 0) is 6.42 Å². The Morgan fingerprint density at radius 1 is 1.22 bits per heavy atom. The molecule has 1 nitrogen and oxygen atoms in total. The average Bonchev–Trinajstić information content (AvgIpc) is 2.74. The van der Waals surface area contributed by atoms with Gasteiger partial charge in [-0.15, -0.1) is 11.3 Å². The predicted octanol–water partition coefficient (Wildman–Crippen LogP) is 5.09. The maximum atomic E-state index is 4.51. The van der Waals surface area contributed by atoms with E-state index in [0.29, 0.717) is 0 Å². The lowest BCUT2D eigenvalue weighted by molar-refractivity contribution is 0.584. The first kappa shape index (κ1) is 13.3. The Balaban J connectivity index is 1.85. The van der Waals surface area contributed by atoms with E-state index >= 15 is 0 Å². The maximum Gasteiger partial charge on any atom is 0.0520 e. The topological polar surface area (TPSA) is 12.4 Å². The summed E-state index contributed by atoms with van der Waals surface area (Å²) in [6.45, 7) is 6.40. The molecule has 2 rings (SSSR count). The summed E-state index contributed by atoms with van der Waals surface area (Å²) in [6, 6.07) is 9.00. The van der Waals surface area contributed by atoms with Gasteiger partial charge in [0.15, 0.2) is 0 Å². The first-order valence-corrected chi connectivity index (χ1v) is 7.42. The second-order valence-electron chi connectivity index (χ2n) is 5.67. The molecular weight excluding hydrogens is 238 g/mol. The molecule has 0 saturated heterocycles. The smallest absolute Gasteiger partial charge is 0.0520 e. The van der Waals surface area contributed by atoms with Gasteiger partial charge in [0, 0.05) is 4.70 Å². The number of thiophene rings is 1. The van der Waals surface area contributed by atoms with Crippen molar-refractivity contribution in [2.24, 2.45) is 4.99 Å². The van der Waals surface area contributed by atoms with Gasteiger partial charge in [0.05, 0.1) is 5.54 Å². The zero-order valence-corrected chi connectivity index (χ0v) is 12.3. The van der Waals surface area contributed by atoms with Crippen LogP contribution in [0, 0.1) is 0 Å². The fraction of sp³-hybridized carbons (Fsp3) is 0.438. The molecule has 0 saturated carbocycles. The second-order valence-corrected chi connectivity index (χ2v) is 6.62. The molecule has 1 heterocycles. The molecule has 0 radical (unpaired) electrons. The highest BCUT2D eigenvalue weighted by molar-refractivity contribution is 7.17. The minimum atomic E-state index is 0.0651. The van der Waals surface area contributed by atoms with E-state index in [2.05, 4.69) is 61.6 Å². The molecule has 0 bridgehead atoms. The largest absolute Gasteiger partial charge is 0.292 e. The molecule has 2 aromatic rings. The molecule has 0 N–H and O–H groups in total. The molecule has 0 amide bonds. The van der Waals surface area contributed by atoms with Crippen molar-refractivity contribution < 1.29 is 0 Å². The van der Waals surface area contributed by atoms with E-state index in [0.717, 1.165) is 12.8 Å². The van der Waals surface area contributed by atoms with E-state index in [-0.39, 0.29) is 5.54 Å². The van der Waals surface area contributed by atoms with E-state index in [1.54, 1.807) is 0 Å². The third-order valence-corrected chi connectivity index (χ3v) is 3.69. The van der Waals surface area contributed by atoms with Gasteiger partial charge in [-0.05, 0) is 74.7 Å². The van der Waals surface area contributed by atoms with Gasteiger partial charge in [-0.25, -0.2) is 0 Å². The Labute approximate surface area is 114 Å².